The van der Waals surface area contributed by atoms with E-state index >= 15 is 0 Å². The summed E-state index contributed by atoms with van der Waals surface area (Å²) in [5.74, 6) is 0.167. The Morgan fingerprint density at radius 1 is 1.44 bits per heavy atom. The van der Waals surface area contributed by atoms with Crippen LogP contribution in [0.15, 0.2) is 24.3 Å². The highest BCUT2D eigenvalue weighted by Crippen LogP contribution is 2.02. The summed E-state index contributed by atoms with van der Waals surface area (Å²) in [5.41, 5.74) is 1.91. The lowest BCUT2D eigenvalue weighted by molar-refractivity contribution is -0.917. The molecule has 1 aliphatic heterocycles. The average molecular weight is 244 g/mol. The van der Waals surface area contributed by atoms with Crippen molar-refractivity contribution in [2.24, 2.45) is 0 Å². The molecule has 1 aliphatic rings. The lowest BCUT2D eigenvalue weighted by Gasteiger charge is -2.31. The third-order valence-electron chi connectivity index (χ3n) is 3.43. The smallest absolute Gasteiger partial charge is 0.219 e. The van der Waals surface area contributed by atoms with Crippen molar-refractivity contribution < 1.29 is 9.69 Å². The molecule has 0 spiro atoms. The van der Waals surface area contributed by atoms with E-state index in [0.717, 1.165) is 32.7 Å². The molecule has 1 N–H and O–H groups in total. The van der Waals surface area contributed by atoms with Crippen molar-refractivity contribution in [1.82, 2.24) is 4.90 Å². The van der Waals surface area contributed by atoms with E-state index in [-0.39, 0.29) is 5.91 Å². The molecule has 0 unspecified atom stereocenters. The predicted molar refractivity (Wildman–Crippen MR) is 67.8 cm³/mol. The van der Waals surface area contributed by atoms with E-state index in [1.807, 2.05) is 23.1 Å². The van der Waals surface area contributed by atoms with Gasteiger partial charge in [-0.3, -0.25) is 4.79 Å². The van der Waals surface area contributed by atoms with Crippen molar-refractivity contribution in [2.75, 3.05) is 26.2 Å². The zero-order chi connectivity index (χ0) is 13.0. The van der Waals surface area contributed by atoms with Gasteiger partial charge in [0, 0.05) is 12.5 Å². The minimum absolute atomic E-state index is 0.167. The van der Waals surface area contributed by atoms with Crippen molar-refractivity contribution in [3.05, 3.63) is 35.4 Å². The van der Waals surface area contributed by atoms with Gasteiger partial charge in [0.2, 0.25) is 5.91 Å². The fourth-order valence-electron chi connectivity index (χ4n) is 2.35. The van der Waals surface area contributed by atoms with Gasteiger partial charge >= 0.3 is 0 Å². The van der Waals surface area contributed by atoms with E-state index in [0.29, 0.717) is 5.56 Å². The maximum Gasteiger partial charge on any atom is 0.219 e. The molecule has 18 heavy (non-hydrogen) atoms. The van der Waals surface area contributed by atoms with Crippen LogP contribution < -0.4 is 4.90 Å². The van der Waals surface area contributed by atoms with Crippen molar-refractivity contribution in [3.8, 4) is 6.07 Å². The minimum Gasteiger partial charge on any atom is -0.332 e. The van der Waals surface area contributed by atoms with Crippen LogP contribution in [0.3, 0.4) is 0 Å². The largest absolute Gasteiger partial charge is 0.332 e. The number of hydrogen-bond donors (Lipinski definition) is 1. The molecule has 1 aromatic carbocycles. The monoisotopic (exact) mass is 244 g/mol. The SMILES string of the molecule is CC(=O)N1CC[NH+](Cc2cccc(C#N)c2)CC1. The first-order valence-corrected chi connectivity index (χ1v) is 6.27. The summed E-state index contributed by atoms with van der Waals surface area (Å²) in [6, 6.07) is 9.93. The number of nitriles is 1. The standard InChI is InChI=1S/C14H17N3O/c1-12(18)17-7-5-16(6-8-17)11-14-4-2-3-13(9-14)10-15/h2-4,9H,5-8,11H2,1H3/p+1. The van der Waals surface area contributed by atoms with Crippen molar-refractivity contribution in [2.45, 2.75) is 13.5 Å². The number of carbonyl (C=O) groups is 1. The second kappa shape index (κ2) is 5.65. The maximum atomic E-state index is 11.2. The summed E-state index contributed by atoms with van der Waals surface area (Å²) in [6.07, 6.45) is 0. The van der Waals surface area contributed by atoms with Gasteiger partial charge in [0.05, 0.1) is 37.8 Å². The Hall–Kier alpha value is -1.86. The number of nitrogens with zero attached hydrogens (tertiary/aromatic N) is 2. The van der Waals surface area contributed by atoms with Crippen LogP contribution >= 0.6 is 0 Å². The number of benzene rings is 1. The molecule has 0 aromatic heterocycles. The van der Waals surface area contributed by atoms with Gasteiger partial charge in [0.1, 0.15) is 6.54 Å². The maximum absolute atomic E-state index is 11.2. The van der Waals surface area contributed by atoms with Gasteiger partial charge < -0.3 is 9.80 Å². The van der Waals surface area contributed by atoms with E-state index in [4.69, 9.17) is 5.26 Å². The molecule has 1 amide bonds. The van der Waals surface area contributed by atoms with Gasteiger partial charge in [0.15, 0.2) is 0 Å². The number of quaternary nitrogens is 1. The first-order chi connectivity index (χ1) is 8.69. The Bertz CT molecular complexity index is 470. The van der Waals surface area contributed by atoms with E-state index in [1.165, 1.54) is 10.5 Å². The molecular weight excluding hydrogens is 226 g/mol. The zero-order valence-corrected chi connectivity index (χ0v) is 10.6. The van der Waals surface area contributed by atoms with Crippen LogP contribution in [0.4, 0.5) is 0 Å². The van der Waals surface area contributed by atoms with E-state index < -0.39 is 0 Å². The van der Waals surface area contributed by atoms with Crippen LogP contribution in [0.2, 0.25) is 0 Å². The first-order valence-electron chi connectivity index (χ1n) is 6.27. The Balaban J connectivity index is 1.91. The number of carbonyl (C=O) groups excluding carboxylic acids is 1. The number of piperazine rings is 1. The molecule has 1 heterocycles. The van der Waals surface area contributed by atoms with Gasteiger partial charge in [-0.2, -0.15) is 5.26 Å². The highest BCUT2D eigenvalue weighted by molar-refractivity contribution is 5.73. The van der Waals surface area contributed by atoms with Crippen LogP contribution in [0.25, 0.3) is 0 Å². The van der Waals surface area contributed by atoms with Crippen LogP contribution in [0, 0.1) is 11.3 Å². The molecule has 0 bridgehead atoms. The van der Waals surface area contributed by atoms with Crippen LogP contribution in [-0.2, 0) is 11.3 Å². The van der Waals surface area contributed by atoms with Crippen molar-refractivity contribution in [3.63, 3.8) is 0 Å². The lowest BCUT2D eigenvalue weighted by Crippen LogP contribution is -3.13. The second-order valence-electron chi connectivity index (χ2n) is 4.75. The Morgan fingerprint density at radius 2 is 2.17 bits per heavy atom. The molecule has 1 saturated heterocycles. The molecule has 4 heteroatoms. The normalized spacial score (nSPS) is 16.3. The fraction of sp³-hybridized carbons (Fsp3) is 0.429. The van der Waals surface area contributed by atoms with E-state index in [1.54, 1.807) is 6.92 Å². The zero-order valence-electron chi connectivity index (χ0n) is 10.6. The summed E-state index contributed by atoms with van der Waals surface area (Å²) in [4.78, 5) is 14.6. The molecular formula is C14H18N3O+. The number of rotatable bonds is 2. The second-order valence-corrected chi connectivity index (χ2v) is 4.75. The highest BCUT2D eigenvalue weighted by Gasteiger charge is 2.21. The topological polar surface area (TPSA) is 48.5 Å². The Kier molecular flexibility index (Phi) is 3.96. The predicted octanol–water partition coefficient (Wildman–Crippen LogP) is -0.195. The molecule has 0 saturated carbocycles. The third kappa shape index (κ3) is 3.08. The van der Waals surface area contributed by atoms with Gasteiger partial charge in [-0.25, -0.2) is 0 Å². The Morgan fingerprint density at radius 3 is 2.78 bits per heavy atom. The fourth-order valence-corrected chi connectivity index (χ4v) is 2.35. The van der Waals surface area contributed by atoms with Gasteiger partial charge in [-0.15, -0.1) is 0 Å². The summed E-state index contributed by atoms with van der Waals surface area (Å²) in [6.45, 7) is 6.20. The molecule has 1 aromatic rings. The summed E-state index contributed by atoms with van der Waals surface area (Å²) < 4.78 is 0. The van der Waals surface area contributed by atoms with E-state index in [2.05, 4.69) is 12.1 Å². The molecule has 94 valence electrons. The highest BCUT2D eigenvalue weighted by atomic mass is 16.2. The van der Waals surface area contributed by atoms with Crippen LogP contribution in [0.5, 0.6) is 0 Å². The van der Waals surface area contributed by atoms with Gasteiger partial charge in [0.25, 0.3) is 0 Å². The van der Waals surface area contributed by atoms with Gasteiger partial charge in [-0.05, 0) is 12.1 Å². The first kappa shape index (κ1) is 12.6. The molecule has 0 aliphatic carbocycles. The van der Waals surface area contributed by atoms with E-state index in [9.17, 15) is 4.79 Å². The minimum atomic E-state index is 0.167. The molecule has 2 rings (SSSR count). The average Bonchev–Trinajstić information content (AvgIpc) is 2.39. The molecule has 1 fully saturated rings. The quantitative estimate of drug-likeness (QED) is 0.783. The van der Waals surface area contributed by atoms with Crippen molar-refractivity contribution in [1.29, 1.82) is 5.26 Å². The summed E-state index contributed by atoms with van der Waals surface area (Å²) >= 11 is 0. The number of nitrogens with one attached hydrogen (secondary N) is 1. The van der Waals surface area contributed by atoms with Crippen LogP contribution in [-0.4, -0.2) is 37.0 Å². The van der Waals surface area contributed by atoms with Crippen molar-refractivity contribution >= 4 is 5.91 Å². The Labute approximate surface area is 107 Å². The molecule has 4 nitrogen and oxygen atoms in total. The number of amides is 1. The van der Waals surface area contributed by atoms with Gasteiger partial charge in [-0.1, -0.05) is 12.1 Å². The molecule has 0 radical (unpaired) electrons. The lowest BCUT2D eigenvalue weighted by atomic mass is 10.1. The number of hydrogen-bond acceptors (Lipinski definition) is 2. The summed E-state index contributed by atoms with van der Waals surface area (Å²) in [5, 5.41) is 8.86. The molecule has 0 atom stereocenters. The summed E-state index contributed by atoms with van der Waals surface area (Å²) in [7, 11) is 0. The third-order valence-corrected chi connectivity index (χ3v) is 3.43. The van der Waals surface area contributed by atoms with Crippen LogP contribution in [0.1, 0.15) is 18.1 Å².